The highest BCUT2D eigenvalue weighted by atomic mass is 19.1. The molecule has 0 saturated carbocycles. The van der Waals surface area contributed by atoms with Crippen LogP contribution in [0, 0.1) is 12.2 Å². The van der Waals surface area contributed by atoms with E-state index in [2.05, 4.69) is 6.42 Å². The maximum Gasteiger partial charge on any atom is 0.123 e. The lowest BCUT2D eigenvalue weighted by Crippen LogP contribution is -2.02. The van der Waals surface area contributed by atoms with Gasteiger partial charge < -0.3 is 0 Å². The Labute approximate surface area is 66.1 Å². The Morgan fingerprint density at radius 3 is 3.00 bits per heavy atom. The van der Waals surface area contributed by atoms with E-state index in [4.69, 9.17) is 0 Å². The molecule has 0 atom stereocenters. The summed E-state index contributed by atoms with van der Waals surface area (Å²) in [4.78, 5) is 0. The molecule has 0 nitrogen and oxygen atoms in total. The van der Waals surface area contributed by atoms with Gasteiger partial charge in [0, 0.05) is 0 Å². The highest BCUT2D eigenvalue weighted by molar-refractivity contribution is 5.31. The first-order valence-electron chi connectivity index (χ1n) is 3.95. The van der Waals surface area contributed by atoms with Gasteiger partial charge in [-0.2, -0.15) is 0 Å². The molecule has 1 heteroatoms. The summed E-state index contributed by atoms with van der Waals surface area (Å²) in [5.74, 6) is -0.106. The number of rotatable bonds is 0. The van der Waals surface area contributed by atoms with Crippen molar-refractivity contribution >= 4 is 0 Å². The Morgan fingerprint density at radius 1 is 1.18 bits per heavy atom. The van der Waals surface area contributed by atoms with Gasteiger partial charge in [0.05, 0.1) is 0 Å². The Morgan fingerprint density at radius 2 is 2.09 bits per heavy atom. The van der Waals surface area contributed by atoms with Gasteiger partial charge in [-0.25, -0.2) is 4.39 Å². The Balaban J connectivity index is 2.43. The molecule has 0 spiro atoms. The first-order valence-corrected chi connectivity index (χ1v) is 3.95. The molecule has 1 aliphatic carbocycles. The monoisotopic (exact) mass is 149 g/mol. The van der Waals surface area contributed by atoms with Gasteiger partial charge >= 0.3 is 0 Å². The van der Waals surface area contributed by atoms with Crippen molar-refractivity contribution in [3.63, 3.8) is 0 Å². The number of hydrogen-bond donors (Lipinski definition) is 0. The molecular formula is C10H10F. The molecule has 0 saturated heterocycles. The first kappa shape index (κ1) is 6.84. The van der Waals surface area contributed by atoms with Crippen molar-refractivity contribution in [2.24, 2.45) is 0 Å². The maximum atomic E-state index is 12.7. The van der Waals surface area contributed by atoms with E-state index >= 15 is 0 Å². The van der Waals surface area contributed by atoms with Crippen LogP contribution in [0.3, 0.4) is 0 Å². The summed E-state index contributed by atoms with van der Waals surface area (Å²) in [5.41, 5.74) is 2.48. The third-order valence-electron chi connectivity index (χ3n) is 2.15. The molecule has 0 aromatic heterocycles. The molecular weight excluding hydrogens is 139 g/mol. The van der Waals surface area contributed by atoms with E-state index in [9.17, 15) is 4.39 Å². The van der Waals surface area contributed by atoms with Crippen molar-refractivity contribution in [1.82, 2.24) is 0 Å². The Kier molecular flexibility index (Phi) is 1.65. The molecule has 0 unspecified atom stereocenters. The molecule has 1 aromatic rings. The molecule has 1 radical (unpaired) electrons. The summed E-state index contributed by atoms with van der Waals surface area (Å²) in [5, 5.41) is 0. The zero-order valence-electron chi connectivity index (χ0n) is 6.31. The van der Waals surface area contributed by atoms with Gasteiger partial charge in [-0.05, 0) is 48.9 Å². The molecule has 0 amide bonds. The summed E-state index contributed by atoms with van der Waals surface area (Å²) >= 11 is 0. The topological polar surface area (TPSA) is 0 Å². The van der Waals surface area contributed by atoms with Gasteiger partial charge in [-0.15, -0.1) is 0 Å². The second-order valence-corrected chi connectivity index (χ2v) is 2.94. The minimum Gasteiger partial charge on any atom is -0.207 e. The van der Waals surface area contributed by atoms with Gasteiger partial charge in [-0.1, -0.05) is 6.07 Å². The summed E-state index contributed by atoms with van der Waals surface area (Å²) < 4.78 is 12.7. The maximum absolute atomic E-state index is 12.7. The average Bonchev–Trinajstić information content (AvgIpc) is 2.04. The van der Waals surface area contributed by atoms with E-state index in [1.165, 1.54) is 17.2 Å². The third kappa shape index (κ3) is 1.28. The zero-order valence-corrected chi connectivity index (χ0v) is 6.31. The minimum atomic E-state index is -0.106. The minimum absolute atomic E-state index is 0.106. The quantitative estimate of drug-likeness (QED) is 0.531. The normalized spacial score (nSPS) is 16.1. The highest BCUT2D eigenvalue weighted by Gasteiger charge is 2.08. The van der Waals surface area contributed by atoms with Crippen molar-refractivity contribution in [3.05, 3.63) is 41.6 Å². The van der Waals surface area contributed by atoms with Crippen molar-refractivity contribution < 1.29 is 4.39 Å². The van der Waals surface area contributed by atoms with Gasteiger partial charge in [-0.3, -0.25) is 0 Å². The van der Waals surface area contributed by atoms with E-state index in [1.807, 2.05) is 6.07 Å². The largest absolute Gasteiger partial charge is 0.207 e. The average molecular weight is 149 g/mol. The van der Waals surface area contributed by atoms with Gasteiger partial charge in [0.2, 0.25) is 0 Å². The second kappa shape index (κ2) is 2.65. The highest BCUT2D eigenvalue weighted by Crippen LogP contribution is 2.20. The van der Waals surface area contributed by atoms with Crippen LogP contribution in [0.4, 0.5) is 4.39 Å². The molecule has 57 valence electrons. The van der Waals surface area contributed by atoms with Crippen LogP contribution >= 0.6 is 0 Å². The van der Waals surface area contributed by atoms with E-state index in [-0.39, 0.29) is 5.82 Å². The fourth-order valence-corrected chi connectivity index (χ4v) is 1.54. The second-order valence-electron chi connectivity index (χ2n) is 2.94. The van der Waals surface area contributed by atoms with Crippen LogP contribution in [0.25, 0.3) is 0 Å². The Bertz CT molecular complexity index is 266. The molecule has 0 N–H and O–H groups in total. The predicted molar refractivity (Wildman–Crippen MR) is 42.7 cm³/mol. The fraction of sp³-hybridized carbons (Fsp3) is 0.300. The summed E-state index contributed by atoms with van der Waals surface area (Å²) in [6.45, 7) is 0. The zero-order chi connectivity index (χ0) is 7.68. The standard InChI is InChI=1S/C10H10F/c11-10-6-5-8-3-1-2-4-9(8)7-10/h1,5-7H,2-4H2. The molecule has 0 aliphatic heterocycles. The Hall–Kier alpha value is -0.850. The van der Waals surface area contributed by atoms with Crippen LogP contribution in [0.2, 0.25) is 0 Å². The molecule has 11 heavy (non-hydrogen) atoms. The lowest BCUT2D eigenvalue weighted by Gasteiger charge is -2.14. The molecule has 0 bridgehead atoms. The fourth-order valence-electron chi connectivity index (χ4n) is 1.54. The van der Waals surface area contributed by atoms with E-state index in [1.54, 1.807) is 6.07 Å². The van der Waals surface area contributed by atoms with Crippen LogP contribution < -0.4 is 0 Å². The number of hydrogen-bond acceptors (Lipinski definition) is 0. The summed E-state index contributed by atoms with van der Waals surface area (Å²) in [6, 6.07) is 5.08. The number of aryl methyl sites for hydroxylation is 1. The van der Waals surface area contributed by atoms with Gasteiger partial charge in [0.1, 0.15) is 5.82 Å². The molecule has 1 aliphatic rings. The van der Waals surface area contributed by atoms with Crippen LogP contribution in [-0.2, 0) is 12.8 Å². The third-order valence-corrected chi connectivity index (χ3v) is 2.15. The van der Waals surface area contributed by atoms with E-state index in [0.29, 0.717) is 0 Å². The van der Waals surface area contributed by atoms with Crippen LogP contribution in [0.5, 0.6) is 0 Å². The summed E-state index contributed by atoms with van der Waals surface area (Å²) in [6.07, 6.45) is 5.36. The van der Waals surface area contributed by atoms with E-state index in [0.717, 1.165) is 19.3 Å². The molecule has 2 rings (SSSR count). The SMILES string of the molecule is Fc1ccc2c(c1)CC[CH]C2. The number of benzene rings is 1. The molecule has 0 heterocycles. The molecule has 1 aromatic carbocycles. The lowest BCUT2D eigenvalue weighted by molar-refractivity contribution is 0.622. The van der Waals surface area contributed by atoms with Crippen LogP contribution in [-0.4, -0.2) is 0 Å². The predicted octanol–water partition coefficient (Wildman–Crippen LogP) is 2.52. The molecule has 0 fully saturated rings. The van der Waals surface area contributed by atoms with Gasteiger partial charge in [0.25, 0.3) is 0 Å². The first-order chi connectivity index (χ1) is 5.36. The summed E-state index contributed by atoms with van der Waals surface area (Å²) in [7, 11) is 0. The van der Waals surface area contributed by atoms with Crippen molar-refractivity contribution in [2.75, 3.05) is 0 Å². The van der Waals surface area contributed by atoms with Crippen LogP contribution in [0.1, 0.15) is 17.5 Å². The van der Waals surface area contributed by atoms with Crippen LogP contribution in [0.15, 0.2) is 18.2 Å². The van der Waals surface area contributed by atoms with Crippen molar-refractivity contribution in [3.8, 4) is 0 Å². The lowest BCUT2D eigenvalue weighted by atomic mass is 9.92. The van der Waals surface area contributed by atoms with Crippen molar-refractivity contribution in [2.45, 2.75) is 19.3 Å². The smallest absolute Gasteiger partial charge is 0.123 e. The van der Waals surface area contributed by atoms with E-state index < -0.39 is 0 Å². The number of fused-ring (bicyclic) bond motifs is 1. The number of halogens is 1. The van der Waals surface area contributed by atoms with Gasteiger partial charge in [0.15, 0.2) is 0 Å². The van der Waals surface area contributed by atoms with Crippen molar-refractivity contribution in [1.29, 1.82) is 0 Å².